The van der Waals surface area contributed by atoms with Gasteiger partial charge in [-0.25, -0.2) is 24.1 Å². The van der Waals surface area contributed by atoms with E-state index < -0.39 is 68.1 Å². The number of nitrogens with zero attached hydrogens (tertiary/aromatic N) is 2. The van der Waals surface area contributed by atoms with Gasteiger partial charge in [0.1, 0.15) is 11.6 Å². The quantitative estimate of drug-likeness (QED) is 0.350. The third-order valence-corrected chi connectivity index (χ3v) is 7.54. The highest BCUT2D eigenvalue weighted by atomic mass is 17.0. The van der Waals surface area contributed by atoms with Crippen molar-refractivity contribution in [1.82, 2.24) is 0 Å². The maximum atomic E-state index is 12.8. The fourth-order valence-electron chi connectivity index (χ4n) is 5.67. The molecule has 0 unspecified atom stereocenters. The monoisotopic (exact) mass is 532 g/mol. The Morgan fingerprint density at radius 3 is 1.16 bits per heavy atom. The number of carbonyl (C=O) groups is 5. The highest BCUT2D eigenvalue weighted by molar-refractivity contribution is 5.89. The van der Waals surface area contributed by atoms with Gasteiger partial charge in [-0.15, -0.1) is 0 Å². The first-order valence-electron chi connectivity index (χ1n) is 12.0. The van der Waals surface area contributed by atoms with Crippen LogP contribution < -0.4 is 0 Å². The minimum atomic E-state index is -3.01. The van der Waals surface area contributed by atoms with Crippen LogP contribution in [-0.2, 0) is 33.6 Å². The number of hydroxylamine groups is 8. The Labute approximate surface area is 215 Å². The summed E-state index contributed by atoms with van der Waals surface area (Å²) < 4.78 is 0. The molecule has 2 fully saturated rings. The van der Waals surface area contributed by atoms with E-state index in [0.29, 0.717) is 0 Å². The molecular weight excluding hydrogens is 492 g/mol. The second kappa shape index (κ2) is 9.09. The molecule has 4 N–H and O–H groups in total. The van der Waals surface area contributed by atoms with Crippen molar-refractivity contribution < 1.29 is 63.9 Å². The lowest BCUT2D eigenvalue weighted by molar-refractivity contribution is -1.29. The number of Topliss-reactive ketones (excluding diaryl/α,β-unsaturated/α-hetero) is 2. The van der Waals surface area contributed by atoms with Gasteiger partial charge in [0, 0.05) is 9.62 Å². The molecule has 13 nitrogen and oxygen atoms in total. The van der Waals surface area contributed by atoms with Gasteiger partial charge in [0.2, 0.25) is 0 Å². The zero-order valence-corrected chi connectivity index (χ0v) is 22.8. The summed E-state index contributed by atoms with van der Waals surface area (Å²) >= 11 is 0. The van der Waals surface area contributed by atoms with Crippen LogP contribution in [0.5, 0.6) is 0 Å². The molecule has 2 heterocycles. The zero-order chi connectivity index (χ0) is 29.0. The van der Waals surface area contributed by atoms with Crippen molar-refractivity contribution in [2.45, 2.75) is 122 Å². The van der Waals surface area contributed by atoms with Gasteiger partial charge in [-0.05, 0) is 55.4 Å². The molecule has 0 aromatic carbocycles. The van der Waals surface area contributed by atoms with E-state index in [4.69, 9.17) is 9.68 Å². The maximum absolute atomic E-state index is 12.8. The number of ketones is 2. The fraction of sp³-hybridized carbons (Fsp3) is 0.792. The smallest absolute Gasteiger partial charge is 0.374 e. The molecule has 0 aromatic heterocycles. The average molecular weight is 533 g/mol. The van der Waals surface area contributed by atoms with E-state index in [0.717, 1.165) is 0 Å². The maximum Gasteiger partial charge on any atom is 0.374 e. The summed E-state index contributed by atoms with van der Waals surface area (Å²) in [5.41, 5.74) is -8.15. The molecule has 2 rings (SSSR count). The van der Waals surface area contributed by atoms with Gasteiger partial charge in [0.25, 0.3) is 0 Å². The Bertz CT molecular complexity index is 902. The van der Waals surface area contributed by atoms with E-state index in [2.05, 4.69) is 0 Å². The van der Waals surface area contributed by atoms with E-state index in [1.54, 1.807) is 0 Å². The highest BCUT2D eigenvalue weighted by Gasteiger charge is 2.66. The molecule has 0 radical (unpaired) electrons. The predicted octanol–water partition coefficient (Wildman–Crippen LogP) is 1.75. The number of aliphatic hydroxyl groups is 1. The number of hydrogen-bond donors (Lipinski definition) is 4. The third kappa shape index (κ3) is 5.28. The van der Waals surface area contributed by atoms with Crippen LogP contribution >= 0.6 is 0 Å². The topological polar surface area (TPSA) is 185 Å². The van der Waals surface area contributed by atoms with Crippen LogP contribution in [-0.4, -0.2) is 87.5 Å². The molecule has 0 amide bonds. The molecule has 13 heteroatoms. The molecule has 2 aliphatic rings. The van der Waals surface area contributed by atoms with E-state index in [-0.39, 0.29) is 37.2 Å². The Morgan fingerprint density at radius 1 is 0.703 bits per heavy atom. The number of quaternary nitrogens is 2. The lowest BCUT2D eigenvalue weighted by atomic mass is 9.80. The highest BCUT2D eigenvalue weighted by Crippen LogP contribution is 2.45. The molecule has 37 heavy (non-hydrogen) atoms. The minimum Gasteiger partial charge on any atom is -0.479 e. The number of carboxylic acid groups (broad SMARTS) is 1. The van der Waals surface area contributed by atoms with Crippen LogP contribution in [0.1, 0.15) is 93.9 Å². The number of carboxylic acids is 1. The summed E-state index contributed by atoms with van der Waals surface area (Å²) in [6, 6.07) is 0. The number of hydrogen-bond acceptors (Lipinski definition) is 10. The Balaban J connectivity index is 2.26. The predicted molar refractivity (Wildman–Crippen MR) is 123 cm³/mol. The summed E-state index contributed by atoms with van der Waals surface area (Å²) in [6.45, 7) is 12.0. The molecule has 0 atom stereocenters. The normalized spacial score (nSPS) is 25.2. The Kier molecular flexibility index (Phi) is 7.56. The first-order valence-corrected chi connectivity index (χ1v) is 12.0. The molecule has 210 valence electrons. The van der Waals surface area contributed by atoms with E-state index in [1.807, 2.05) is 0 Å². The van der Waals surface area contributed by atoms with Crippen molar-refractivity contribution >= 4 is 29.5 Å². The van der Waals surface area contributed by atoms with Crippen LogP contribution in [0, 0.1) is 0 Å². The van der Waals surface area contributed by atoms with Gasteiger partial charge < -0.3 is 10.2 Å². The number of carbonyl (C=O) groups excluding carboxylic acids is 4. The second-order valence-corrected chi connectivity index (χ2v) is 12.8. The van der Waals surface area contributed by atoms with Crippen LogP contribution in [0.25, 0.3) is 0 Å². The Morgan fingerprint density at radius 2 is 0.946 bits per heavy atom. The molecule has 2 saturated heterocycles. The van der Waals surface area contributed by atoms with Crippen LogP contribution in [0.15, 0.2) is 0 Å². The summed E-state index contributed by atoms with van der Waals surface area (Å²) in [4.78, 5) is 69.7. The molecule has 0 spiro atoms. The van der Waals surface area contributed by atoms with Gasteiger partial charge in [0.05, 0.1) is 38.5 Å². The van der Waals surface area contributed by atoms with Gasteiger partial charge in [0.15, 0.2) is 27.8 Å². The van der Waals surface area contributed by atoms with Crippen molar-refractivity contribution in [1.29, 1.82) is 0 Å². The van der Waals surface area contributed by atoms with Crippen LogP contribution in [0.2, 0.25) is 0 Å². The molecule has 0 saturated carbocycles. The van der Waals surface area contributed by atoms with E-state index >= 15 is 0 Å². The summed E-state index contributed by atoms with van der Waals surface area (Å²) in [7, 11) is 0. The lowest BCUT2D eigenvalue weighted by Gasteiger charge is -2.51. The number of rotatable bonds is 7. The molecular formula is C24H40N2O11+2. The van der Waals surface area contributed by atoms with Gasteiger partial charge >= 0.3 is 17.9 Å². The average Bonchev–Trinajstić information content (AvgIpc) is 2.62. The van der Waals surface area contributed by atoms with Crippen molar-refractivity contribution in [3.63, 3.8) is 0 Å². The SMILES string of the molecule is CC1(C)CC(=O)CC(C)(C)[N+]1(O)OC(=O)CC(O)(CC(=O)O[N+]1(O)C(C)(C)CC(=O)CC1(C)C)C(=O)O. The Hall–Kier alpha value is -2.45. The summed E-state index contributed by atoms with van der Waals surface area (Å²) in [5.74, 6) is -4.94. The molecule has 2 aliphatic heterocycles. The van der Waals surface area contributed by atoms with Gasteiger partial charge in [-0.2, -0.15) is 10.4 Å². The van der Waals surface area contributed by atoms with Crippen molar-refractivity contribution in [3.8, 4) is 0 Å². The first-order chi connectivity index (χ1) is 16.3. The minimum absolute atomic E-state index is 0.125. The molecule has 0 bridgehead atoms. The summed E-state index contributed by atoms with van der Waals surface area (Å²) in [6.07, 6.45) is -2.98. The van der Waals surface area contributed by atoms with E-state index in [1.165, 1.54) is 55.4 Å². The fourth-order valence-corrected chi connectivity index (χ4v) is 5.67. The first kappa shape index (κ1) is 30.8. The molecule has 0 aliphatic carbocycles. The molecule has 0 aromatic rings. The van der Waals surface area contributed by atoms with Crippen molar-refractivity contribution in [2.24, 2.45) is 0 Å². The van der Waals surface area contributed by atoms with E-state index in [9.17, 15) is 44.6 Å². The summed E-state index contributed by atoms with van der Waals surface area (Å²) in [5, 5.41) is 43.0. The van der Waals surface area contributed by atoms with Gasteiger partial charge in [-0.1, -0.05) is 0 Å². The largest absolute Gasteiger partial charge is 0.479 e. The van der Waals surface area contributed by atoms with Crippen LogP contribution in [0.3, 0.4) is 0 Å². The third-order valence-electron chi connectivity index (χ3n) is 7.54. The second-order valence-electron chi connectivity index (χ2n) is 12.8. The number of piperidine rings is 2. The standard InChI is InChI=1S/C24H39N2O11/c1-20(2)9-15(27)10-21(3,4)25(20,34)36-17(29)13-24(33,19(31)32)14-18(30)37-26(35)22(5,6)11-16(28)12-23(26,7)8/h33-35H,9-14H2,1-8H3/q+1/p+1. The van der Waals surface area contributed by atoms with Crippen LogP contribution in [0.4, 0.5) is 0 Å². The van der Waals surface area contributed by atoms with Crippen molar-refractivity contribution in [2.75, 3.05) is 0 Å². The zero-order valence-electron chi connectivity index (χ0n) is 22.8. The number of aliphatic carboxylic acids is 1. The lowest BCUT2D eigenvalue weighted by Crippen LogP contribution is -2.73. The van der Waals surface area contributed by atoms with Gasteiger partial charge in [-0.3, -0.25) is 9.59 Å². The van der Waals surface area contributed by atoms with Crippen molar-refractivity contribution in [3.05, 3.63) is 0 Å².